The van der Waals surface area contributed by atoms with Crippen LogP contribution in [-0.4, -0.2) is 42.4 Å². The Morgan fingerprint density at radius 1 is 1.38 bits per heavy atom. The van der Waals surface area contributed by atoms with Crippen LogP contribution in [0.2, 0.25) is 0 Å². The average molecular weight is 287 g/mol. The number of likely N-dealkylation sites (tertiary alicyclic amines) is 1. The van der Waals surface area contributed by atoms with Gasteiger partial charge in [0, 0.05) is 18.2 Å². The lowest BCUT2D eigenvalue weighted by molar-refractivity contribution is 0.109. The average Bonchev–Trinajstić information content (AvgIpc) is 2.48. The molecule has 1 aliphatic heterocycles. The molecule has 114 valence electrons. The van der Waals surface area contributed by atoms with Crippen LogP contribution < -0.4 is 4.74 Å². The van der Waals surface area contributed by atoms with E-state index in [2.05, 4.69) is 30.6 Å². The maximum atomic E-state index is 8.72. The van der Waals surface area contributed by atoms with Crippen LogP contribution >= 0.6 is 0 Å². The first-order chi connectivity index (χ1) is 10.2. The molecule has 3 heteroatoms. The number of nitrogens with zero attached hydrogens (tertiary/aromatic N) is 1. The molecule has 0 saturated carbocycles. The van der Waals surface area contributed by atoms with E-state index in [1.807, 2.05) is 24.3 Å². The van der Waals surface area contributed by atoms with Gasteiger partial charge < -0.3 is 9.84 Å². The van der Waals surface area contributed by atoms with E-state index in [1.165, 1.54) is 19.4 Å². The second kappa shape index (κ2) is 8.07. The van der Waals surface area contributed by atoms with Crippen LogP contribution in [0.4, 0.5) is 0 Å². The molecule has 21 heavy (non-hydrogen) atoms. The Hall–Kier alpha value is -1.50. The minimum absolute atomic E-state index is 0.115. The highest BCUT2D eigenvalue weighted by molar-refractivity contribution is 5.39. The summed E-state index contributed by atoms with van der Waals surface area (Å²) >= 11 is 0. The lowest BCUT2D eigenvalue weighted by atomic mass is 9.93. The third kappa shape index (κ3) is 5.08. The molecule has 0 spiro atoms. The summed E-state index contributed by atoms with van der Waals surface area (Å²) in [6, 6.07) is 8.38. The molecule has 0 amide bonds. The topological polar surface area (TPSA) is 32.7 Å². The fourth-order valence-electron chi connectivity index (χ4n) is 2.87. The van der Waals surface area contributed by atoms with Gasteiger partial charge in [0.2, 0.25) is 0 Å². The number of aliphatic hydroxyl groups excluding tert-OH is 1. The molecule has 1 aromatic carbocycles. The zero-order chi connectivity index (χ0) is 15.1. The maximum absolute atomic E-state index is 8.72. The molecule has 0 aliphatic carbocycles. The van der Waals surface area contributed by atoms with E-state index < -0.39 is 0 Å². The molecular weight excluding hydrogens is 262 g/mol. The van der Waals surface area contributed by atoms with Crippen LogP contribution in [0.25, 0.3) is 0 Å². The highest BCUT2D eigenvalue weighted by Gasteiger charge is 2.22. The summed E-state index contributed by atoms with van der Waals surface area (Å²) in [7, 11) is 0. The van der Waals surface area contributed by atoms with Crippen LogP contribution in [0, 0.1) is 17.8 Å². The third-order valence-corrected chi connectivity index (χ3v) is 4.07. The fourth-order valence-corrected chi connectivity index (χ4v) is 2.87. The van der Waals surface area contributed by atoms with E-state index in [-0.39, 0.29) is 6.61 Å². The van der Waals surface area contributed by atoms with Gasteiger partial charge in [0.1, 0.15) is 19.0 Å². The first kappa shape index (κ1) is 15.9. The maximum Gasteiger partial charge on any atom is 0.120 e. The lowest BCUT2D eigenvalue weighted by Gasteiger charge is -2.36. The van der Waals surface area contributed by atoms with E-state index >= 15 is 0 Å². The van der Waals surface area contributed by atoms with E-state index in [0.717, 1.165) is 23.8 Å². The van der Waals surface area contributed by atoms with Gasteiger partial charge in [0.05, 0.1) is 0 Å². The Kier molecular flexibility index (Phi) is 6.10. The van der Waals surface area contributed by atoms with Gasteiger partial charge in [0.25, 0.3) is 0 Å². The summed E-state index contributed by atoms with van der Waals surface area (Å²) in [5, 5.41) is 8.72. The lowest BCUT2D eigenvalue weighted by Crippen LogP contribution is -2.42. The predicted molar refractivity (Wildman–Crippen MR) is 85.3 cm³/mol. The van der Waals surface area contributed by atoms with Crippen LogP contribution in [0.3, 0.4) is 0 Å². The van der Waals surface area contributed by atoms with Crippen molar-refractivity contribution in [1.29, 1.82) is 0 Å². The van der Waals surface area contributed by atoms with E-state index in [4.69, 9.17) is 9.84 Å². The molecule has 0 aromatic heterocycles. The largest absolute Gasteiger partial charge is 0.492 e. The van der Waals surface area contributed by atoms with Crippen molar-refractivity contribution in [2.75, 3.05) is 26.3 Å². The summed E-state index contributed by atoms with van der Waals surface area (Å²) in [5.41, 5.74) is 0.877. The molecule has 1 fully saturated rings. The van der Waals surface area contributed by atoms with Crippen molar-refractivity contribution in [1.82, 2.24) is 4.90 Å². The van der Waals surface area contributed by atoms with E-state index in [9.17, 15) is 0 Å². The van der Waals surface area contributed by atoms with Crippen LogP contribution in [0.5, 0.6) is 5.75 Å². The Morgan fingerprint density at radius 2 is 2.24 bits per heavy atom. The van der Waals surface area contributed by atoms with Crippen LogP contribution in [-0.2, 0) is 0 Å². The molecule has 1 N–H and O–H groups in total. The van der Waals surface area contributed by atoms with Crippen molar-refractivity contribution >= 4 is 0 Å². The Balaban J connectivity index is 1.80. The first-order valence-electron chi connectivity index (χ1n) is 7.75. The summed E-state index contributed by atoms with van der Waals surface area (Å²) in [6.07, 6.45) is 2.57. The number of hydrogen-bond acceptors (Lipinski definition) is 3. The molecule has 1 aromatic rings. The molecule has 2 rings (SSSR count). The van der Waals surface area contributed by atoms with Gasteiger partial charge in [-0.3, -0.25) is 4.90 Å². The highest BCUT2D eigenvalue weighted by Crippen LogP contribution is 2.21. The smallest absolute Gasteiger partial charge is 0.120 e. The zero-order valence-electron chi connectivity index (χ0n) is 13.0. The molecule has 0 bridgehead atoms. The minimum Gasteiger partial charge on any atom is -0.492 e. The summed E-state index contributed by atoms with van der Waals surface area (Å²) in [6.45, 7) is 7.38. The summed E-state index contributed by atoms with van der Waals surface area (Å²) < 4.78 is 5.83. The summed E-state index contributed by atoms with van der Waals surface area (Å²) in [4.78, 5) is 2.51. The van der Waals surface area contributed by atoms with Crippen molar-refractivity contribution in [3.05, 3.63) is 29.8 Å². The highest BCUT2D eigenvalue weighted by atomic mass is 16.5. The monoisotopic (exact) mass is 287 g/mol. The van der Waals surface area contributed by atoms with Crippen molar-refractivity contribution in [3.63, 3.8) is 0 Å². The summed E-state index contributed by atoms with van der Waals surface area (Å²) in [5.74, 6) is 7.24. The normalized spacial score (nSPS) is 22.4. The molecule has 3 nitrogen and oxygen atoms in total. The second-order valence-electron chi connectivity index (χ2n) is 5.85. The molecule has 1 aliphatic rings. The van der Waals surface area contributed by atoms with Crippen molar-refractivity contribution in [2.24, 2.45) is 5.92 Å². The Labute approximate surface area is 127 Å². The quantitative estimate of drug-likeness (QED) is 0.864. The number of rotatable bonds is 4. The minimum atomic E-state index is -0.115. The molecule has 2 atom stereocenters. The second-order valence-corrected chi connectivity index (χ2v) is 5.85. The number of piperidine rings is 1. The third-order valence-electron chi connectivity index (χ3n) is 4.07. The molecular formula is C18H25NO2. The molecule has 0 radical (unpaired) electrons. The SMILES string of the molecule is CC1CCN(CCOc2cccc(C#CCO)c2)C(C)C1. The zero-order valence-corrected chi connectivity index (χ0v) is 13.0. The predicted octanol–water partition coefficient (Wildman–Crippen LogP) is 2.53. The van der Waals surface area contributed by atoms with Gasteiger partial charge in [-0.1, -0.05) is 24.8 Å². The van der Waals surface area contributed by atoms with E-state index in [1.54, 1.807) is 0 Å². The van der Waals surface area contributed by atoms with Gasteiger partial charge in [-0.05, 0) is 50.4 Å². The van der Waals surface area contributed by atoms with Gasteiger partial charge in [-0.2, -0.15) is 0 Å². The van der Waals surface area contributed by atoms with Crippen LogP contribution in [0.1, 0.15) is 32.3 Å². The van der Waals surface area contributed by atoms with E-state index in [0.29, 0.717) is 12.6 Å². The standard InChI is InChI=1S/C18H25NO2/c1-15-8-9-19(16(2)13-15)10-12-21-18-7-3-5-17(14-18)6-4-11-20/h3,5,7,14-16,20H,8-13H2,1-2H3. The number of hydrogen-bond donors (Lipinski definition) is 1. The molecule has 1 saturated heterocycles. The van der Waals surface area contributed by atoms with Crippen molar-refractivity contribution in [3.8, 4) is 17.6 Å². The Morgan fingerprint density at radius 3 is 3.00 bits per heavy atom. The molecule has 1 heterocycles. The first-order valence-corrected chi connectivity index (χ1v) is 7.75. The van der Waals surface area contributed by atoms with Crippen LogP contribution in [0.15, 0.2) is 24.3 Å². The van der Waals surface area contributed by atoms with Gasteiger partial charge >= 0.3 is 0 Å². The van der Waals surface area contributed by atoms with Gasteiger partial charge in [0.15, 0.2) is 0 Å². The fraction of sp³-hybridized carbons (Fsp3) is 0.556. The van der Waals surface area contributed by atoms with Gasteiger partial charge in [-0.25, -0.2) is 0 Å². The number of benzene rings is 1. The number of ether oxygens (including phenoxy) is 1. The van der Waals surface area contributed by atoms with Gasteiger partial charge in [-0.15, -0.1) is 0 Å². The Bertz CT molecular complexity index is 503. The molecule has 2 unspecified atom stereocenters. The van der Waals surface area contributed by atoms with Crippen molar-refractivity contribution in [2.45, 2.75) is 32.7 Å². The number of aliphatic hydroxyl groups is 1. The van der Waals surface area contributed by atoms with Crippen molar-refractivity contribution < 1.29 is 9.84 Å².